The van der Waals surface area contributed by atoms with Crippen LogP contribution in [-0.2, 0) is 10.0 Å². The van der Waals surface area contributed by atoms with E-state index in [-0.39, 0.29) is 12.0 Å². The second kappa shape index (κ2) is 6.41. The van der Waals surface area contributed by atoms with Crippen molar-refractivity contribution in [3.05, 3.63) is 54.6 Å². The lowest BCUT2D eigenvalue weighted by molar-refractivity contribution is 0.476. The van der Waals surface area contributed by atoms with Crippen LogP contribution in [0.5, 0.6) is 0 Å². The van der Waals surface area contributed by atoms with Gasteiger partial charge in [0.1, 0.15) is 0 Å². The molecule has 0 saturated carbocycles. The van der Waals surface area contributed by atoms with Gasteiger partial charge in [-0.2, -0.15) is 0 Å². The average molecular weight is 303 g/mol. The lowest BCUT2D eigenvalue weighted by Crippen LogP contribution is -2.36. The van der Waals surface area contributed by atoms with E-state index in [4.69, 9.17) is 0 Å². The van der Waals surface area contributed by atoms with E-state index >= 15 is 0 Å². The van der Waals surface area contributed by atoms with Gasteiger partial charge in [0.2, 0.25) is 10.0 Å². The highest BCUT2D eigenvalue weighted by Gasteiger charge is 2.18. The minimum absolute atomic E-state index is 0.0937. The minimum Gasteiger partial charge on any atom is -0.208 e. The Labute approximate surface area is 127 Å². The molecule has 1 N–H and O–H groups in total. The largest absolute Gasteiger partial charge is 0.240 e. The summed E-state index contributed by atoms with van der Waals surface area (Å²) in [5.74, 6) is 0.253. The van der Waals surface area contributed by atoms with Gasteiger partial charge in [0.15, 0.2) is 0 Å². The van der Waals surface area contributed by atoms with E-state index in [9.17, 15) is 8.42 Å². The highest BCUT2D eigenvalue weighted by atomic mass is 32.2. The third-order valence-electron chi connectivity index (χ3n) is 3.61. The molecule has 1 atom stereocenters. The first-order valence-corrected chi connectivity index (χ1v) is 8.56. The third-order valence-corrected chi connectivity index (χ3v) is 5.19. The van der Waals surface area contributed by atoms with E-state index in [1.807, 2.05) is 63.2 Å². The molecule has 2 aromatic carbocycles. The number of hydrogen-bond acceptors (Lipinski definition) is 2. The SMILES string of the molecule is CC(C)C(C)NS(=O)(=O)c1ccc(-c2ccccc2)cc1. The summed E-state index contributed by atoms with van der Waals surface area (Å²) < 4.78 is 27.3. The lowest BCUT2D eigenvalue weighted by Gasteiger charge is -2.17. The van der Waals surface area contributed by atoms with Gasteiger partial charge in [-0.05, 0) is 36.1 Å². The number of sulfonamides is 1. The highest BCUT2D eigenvalue weighted by Crippen LogP contribution is 2.21. The number of rotatable bonds is 5. The summed E-state index contributed by atoms with van der Waals surface area (Å²) in [6.07, 6.45) is 0. The van der Waals surface area contributed by atoms with E-state index in [0.29, 0.717) is 4.90 Å². The predicted molar refractivity (Wildman–Crippen MR) is 86.5 cm³/mol. The maximum absolute atomic E-state index is 12.3. The van der Waals surface area contributed by atoms with Crippen LogP contribution in [0.3, 0.4) is 0 Å². The highest BCUT2D eigenvalue weighted by molar-refractivity contribution is 7.89. The van der Waals surface area contributed by atoms with Gasteiger partial charge in [0, 0.05) is 6.04 Å². The topological polar surface area (TPSA) is 46.2 Å². The molecule has 0 fully saturated rings. The molecule has 0 aliphatic carbocycles. The zero-order valence-corrected chi connectivity index (χ0v) is 13.4. The molecule has 2 aromatic rings. The van der Waals surface area contributed by atoms with Crippen LogP contribution in [0.2, 0.25) is 0 Å². The van der Waals surface area contributed by atoms with Gasteiger partial charge in [0.05, 0.1) is 4.90 Å². The molecule has 4 heteroatoms. The molecule has 0 saturated heterocycles. The standard InChI is InChI=1S/C17H21NO2S/c1-13(2)14(3)18-21(19,20)17-11-9-16(10-12-17)15-7-5-4-6-8-15/h4-14,18H,1-3H3. The zero-order valence-electron chi connectivity index (χ0n) is 12.6. The second-order valence-electron chi connectivity index (χ2n) is 5.54. The summed E-state index contributed by atoms with van der Waals surface area (Å²) in [6, 6.07) is 16.8. The van der Waals surface area contributed by atoms with Crippen molar-refractivity contribution in [3.63, 3.8) is 0 Å². The lowest BCUT2D eigenvalue weighted by atomic mass is 10.1. The van der Waals surface area contributed by atoms with Crippen molar-refractivity contribution in [2.75, 3.05) is 0 Å². The van der Waals surface area contributed by atoms with E-state index in [0.717, 1.165) is 11.1 Å². The van der Waals surface area contributed by atoms with Crippen molar-refractivity contribution in [2.45, 2.75) is 31.7 Å². The first kappa shape index (κ1) is 15.7. The normalized spacial score (nSPS) is 13.3. The Hall–Kier alpha value is -1.65. The molecule has 0 spiro atoms. The average Bonchev–Trinajstić information content (AvgIpc) is 2.48. The van der Waals surface area contributed by atoms with Crippen molar-refractivity contribution < 1.29 is 8.42 Å². The molecule has 0 bridgehead atoms. The fourth-order valence-corrected chi connectivity index (χ4v) is 3.30. The first-order chi connectivity index (χ1) is 9.90. The Morgan fingerprint density at radius 2 is 1.33 bits per heavy atom. The Kier molecular flexibility index (Phi) is 4.80. The molecule has 0 aliphatic heterocycles. The summed E-state index contributed by atoms with van der Waals surface area (Å²) >= 11 is 0. The second-order valence-corrected chi connectivity index (χ2v) is 7.26. The van der Waals surface area contributed by atoms with Crippen LogP contribution in [0.15, 0.2) is 59.5 Å². The molecule has 3 nitrogen and oxygen atoms in total. The van der Waals surface area contributed by atoms with Crippen LogP contribution in [0.1, 0.15) is 20.8 Å². The maximum Gasteiger partial charge on any atom is 0.240 e. The summed E-state index contributed by atoms with van der Waals surface area (Å²) in [7, 11) is -3.45. The summed E-state index contributed by atoms with van der Waals surface area (Å²) in [5.41, 5.74) is 2.08. The summed E-state index contributed by atoms with van der Waals surface area (Å²) in [6.45, 7) is 5.86. The fraction of sp³-hybridized carbons (Fsp3) is 0.294. The Balaban J connectivity index is 2.23. The smallest absolute Gasteiger partial charge is 0.208 e. The number of benzene rings is 2. The maximum atomic E-state index is 12.3. The number of nitrogens with one attached hydrogen (secondary N) is 1. The van der Waals surface area contributed by atoms with E-state index in [1.54, 1.807) is 12.1 Å². The van der Waals surface area contributed by atoms with Crippen LogP contribution in [0, 0.1) is 5.92 Å². The van der Waals surface area contributed by atoms with Crippen LogP contribution in [-0.4, -0.2) is 14.5 Å². The molecular weight excluding hydrogens is 282 g/mol. The van der Waals surface area contributed by atoms with Gasteiger partial charge < -0.3 is 0 Å². The van der Waals surface area contributed by atoms with Gasteiger partial charge in [-0.15, -0.1) is 0 Å². The molecule has 2 rings (SSSR count). The van der Waals surface area contributed by atoms with E-state index < -0.39 is 10.0 Å². The van der Waals surface area contributed by atoms with E-state index in [1.165, 1.54) is 0 Å². The predicted octanol–water partition coefficient (Wildman–Crippen LogP) is 3.68. The Bertz CT molecular complexity index is 676. The summed E-state index contributed by atoms with van der Waals surface area (Å²) in [4.78, 5) is 0.301. The molecule has 0 aromatic heterocycles. The van der Waals surface area contributed by atoms with Gasteiger partial charge in [-0.3, -0.25) is 0 Å². The Morgan fingerprint density at radius 1 is 0.810 bits per heavy atom. The van der Waals surface area contributed by atoms with Crippen molar-refractivity contribution in [1.82, 2.24) is 4.72 Å². The molecular formula is C17H21NO2S. The van der Waals surface area contributed by atoms with Crippen LogP contribution in [0.25, 0.3) is 11.1 Å². The van der Waals surface area contributed by atoms with Gasteiger partial charge in [-0.1, -0.05) is 56.3 Å². The molecule has 0 amide bonds. The molecule has 1 unspecified atom stereocenters. The van der Waals surface area contributed by atoms with E-state index in [2.05, 4.69) is 4.72 Å². The molecule has 21 heavy (non-hydrogen) atoms. The number of hydrogen-bond donors (Lipinski definition) is 1. The quantitative estimate of drug-likeness (QED) is 0.916. The summed E-state index contributed by atoms with van der Waals surface area (Å²) in [5, 5.41) is 0. The minimum atomic E-state index is -3.45. The molecule has 0 radical (unpaired) electrons. The van der Waals surface area contributed by atoms with Gasteiger partial charge in [0.25, 0.3) is 0 Å². The Morgan fingerprint density at radius 3 is 1.86 bits per heavy atom. The van der Waals surface area contributed by atoms with Crippen LogP contribution >= 0.6 is 0 Å². The van der Waals surface area contributed by atoms with Crippen LogP contribution in [0.4, 0.5) is 0 Å². The fourth-order valence-electron chi connectivity index (χ4n) is 1.91. The van der Waals surface area contributed by atoms with Gasteiger partial charge >= 0.3 is 0 Å². The molecule has 112 valence electrons. The van der Waals surface area contributed by atoms with Crippen LogP contribution < -0.4 is 4.72 Å². The third kappa shape index (κ3) is 3.93. The monoisotopic (exact) mass is 303 g/mol. The van der Waals surface area contributed by atoms with Gasteiger partial charge in [-0.25, -0.2) is 13.1 Å². The van der Waals surface area contributed by atoms with Crippen molar-refractivity contribution >= 4 is 10.0 Å². The zero-order chi connectivity index (χ0) is 15.5. The molecule has 0 aliphatic rings. The van der Waals surface area contributed by atoms with Crippen molar-refractivity contribution in [3.8, 4) is 11.1 Å². The van der Waals surface area contributed by atoms with Crippen molar-refractivity contribution in [2.24, 2.45) is 5.92 Å². The molecule has 0 heterocycles. The first-order valence-electron chi connectivity index (χ1n) is 7.08. The van der Waals surface area contributed by atoms with Crippen molar-refractivity contribution in [1.29, 1.82) is 0 Å².